The molecule has 64 heavy (non-hydrogen) atoms. The van der Waals surface area contributed by atoms with Gasteiger partial charge in [0.1, 0.15) is 0 Å². The van der Waals surface area contributed by atoms with Crippen molar-refractivity contribution < 1.29 is 0 Å². The molecule has 2 nitrogen and oxygen atoms in total. The number of hydrogen-bond acceptors (Lipinski definition) is 2. The maximum atomic E-state index is 6.07. The van der Waals surface area contributed by atoms with Gasteiger partial charge in [-0.2, -0.15) is 0 Å². The third-order valence-electron chi connectivity index (χ3n) is 14.3. The molecule has 0 amide bonds. The molecule has 0 saturated carbocycles. The van der Waals surface area contributed by atoms with Crippen LogP contribution in [0.4, 0.5) is 11.4 Å². The lowest BCUT2D eigenvalue weighted by Crippen LogP contribution is -2.02. The summed E-state index contributed by atoms with van der Waals surface area (Å²) in [6, 6.07) is 36.6. The Morgan fingerprint density at radius 2 is 0.484 bits per heavy atom. The van der Waals surface area contributed by atoms with Gasteiger partial charge in [-0.1, -0.05) is 266 Å². The summed E-state index contributed by atoms with van der Waals surface area (Å²) < 4.78 is 0. The number of nitrogen functional groups attached to an aromatic ring is 2. The number of benzene rings is 4. The molecule has 0 heterocycles. The first-order valence-electron chi connectivity index (χ1n) is 27.5. The predicted molar refractivity (Wildman–Crippen MR) is 285 cm³/mol. The molecule has 354 valence electrons. The van der Waals surface area contributed by atoms with E-state index in [4.69, 9.17) is 11.5 Å². The summed E-state index contributed by atoms with van der Waals surface area (Å²) in [5.41, 5.74) is 22.6. The average Bonchev–Trinajstić information content (AvgIpc) is 3.32. The summed E-state index contributed by atoms with van der Waals surface area (Å²) in [6.45, 7) is 4.60. The van der Waals surface area contributed by atoms with Crippen molar-refractivity contribution in [3.8, 4) is 0 Å². The van der Waals surface area contributed by atoms with Crippen LogP contribution in [-0.2, 0) is 12.8 Å². The fraction of sp³-hybridized carbons (Fsp3) is 0.613. The molecule has 0 aromatic heterocycles. The Hall–Kier alpha value is -3.52. The Balaban J connectivity index is 1.04. The molecule has 4 rings (SSSR count). The third kappa shape index (κ3) is 23.1. The molecule has 0 aliphatic heterocycles. The summed E-state index contributed by atoms with van der Waals surface area (Å²) in [5, 5.41) is 0. The van der Waals surface area contributed by atoms with Gasteiger partial charge in [0, 0.05) is 23.2 Å². The summed E-state index contributed by atoms with van der Waals surface area (Å²) in [4.78, 5) is 0. The van der Waals surface area contributed by atoms with Gasteiger partial charge in [-0.05, 0) is 96.2 Å². The topological polar surface area (TPSA) is 52.0 Å². The van der Waals surface area contributed by atoms with E-state index in [0.717, 1.165) is 11.4 Å². The van der Waals surface area contributed by atoms with Crippen molar-refractivity contribution >= 4 is 11.4 Å². The van der Waals surface area contributed by atoms with Gasteiger partial charge in [0.05, 0.1) is 0 Å². The van der Waals surface area contributed by atoms with Crippen molar-refractivity contribution in [2.24, 2.45) is 0 Å². The molecule has 2 heteroatoms. The van der Waals surface area contributed by atoms with E-state index in [-0.39, 0.29) is 0 Å². The van der Waals surface area contributed by atoms with Crippen LogP contribution in [0.25, 0.3) is 0 Å². The van der Waals surface area contributed by atoms with Gasteiger partial charge in [-0.25, -0.2) is 0 Å². The van der Waals surface area contributed by atoms with E-state index in [2.05, 4.69) is 111 Å². The molecule has 4 aromatic rings. The van der Waals surface area contributed by atoms with Gasteiger partial charge in [-0.15, -0.1) is 0 Å². The van der Waals surface area contributed by atoms with Crippen LogP contribution in [0.1, 0.15) is 265 Å². The van der Waals surface area contributed by atoms with Gasteiger partial charge < -0.3 is 11.5 Å². The monoisotopic (exact) mass is 869 g/mol. The maximum absolute atomic E-state index is 6.07. The molecular formula is C62H96N2. The number of aryl methyl sites for hydroxylation is 2. The smallest absolute Gasteiger partial charge is 0.0314 e. The molecule has 0 saturated heterocycles. The summed E-state index contributed by atoms with van der Waals surface area (Å²) in [5.74, 6) is 0.926. The number of anilines is 2. The first kappa shape index (κ1) is 53.1. The molecule has 0 fully saturated rings. The highest BCUT2D eigenvalue weighted by atomic mass is 14.5. The van der Waals surface area contributed by atoms with E-state index in [1.165, 1.54) is 252 Å². The van der Waals surface area contributed by atoms with Crippen molar-refractivity contribution in [2.45, 2.75) is 244 Å². The summed E-state index contributed by atoms with van der Waals surface area (Å²) in [7, 11) is 0. The zero-order valence-electron chi connectivity index (χ0n) is 41.6. The van der Waals surface area contributed by atoms with E-state index in [1.807, 2.05) is 0 Å². The molecule has 2 atom stereocenters. The molecule has 0 aliphatic rings. The highest BCUT2D eigenvalue weighted by Crippen LogP contribution is 2.33. The van der Waals surface area contributed by atoms with E-state index in [0.29, 0.717) is 11.8 Å². The first-order valence-corrected chi connectivity index (χ1v) is 27.5. The third-order valence-corrected chi connectivity index (χ3v) is 14.3. The largest absolute Gasteiger partial charge is 0.399 e. The van der Waals surface area contributed by atoms with E-state index >= 15 is 0 Å². The molecule has 4 N–H and O–H groups in total. The van der Waals surface area contributed by atoms with E-state index in [9.17, 15) is 0 Å². The Morgan fingerprint density at radius 3 is 0.750 bits per heavy atom. The fourth-order valence-corrected chi connectivity index (χ4v) is 10.1. The van der Waals surface area contributed by atoms with Crippen LogP contribution in [0.5, 0.6) is 0 Å². The Morgan fingerprint density at radius 1 is 0.266 bits per heavy atom. The average molecular weight is 869 g/mol. The van der Waals surface area contributed by atoms with E-state index in [1.54, 1.807) is 0 Å². The Kier molecular flexibility index (Phi) is 28.9. The second kappa shape index (κ2) is 34.8. The lowest BCUT2D eigenvalue weighted by atomic mass is 9.86. The number of unbranched alkanes of at least 4 members (excludes halogenated alkanes) is 27. The molecule has 0 radical (unpaired) electrons. The van der Waals surface area contributed by atoms with Crippen LogP contribution in [0.3, 0.4) is 0 Å². The zero-order chi connectivity index (χ0) is 45.1. The van der Waals surface area contributed by atoms with Gasteiger partial charge in [0.15, 0.2) is 0 Å². The van der Waals surface area contributed by atoms with Gasteiger partial charge in [-0.3, -0.25) is 0 Å². The van der Waals surface area contributed by atoms with Crippen molar-refractivity contribution in [3.05, 3.63) is 130 Å². The molecule has 0 spiro atoms. The first-order chi connectivity index (χ1) is 31.6. The van der Waals surface area contributed by atoms with Crippen LogP contribution in [0.15, 0.2) is 97.1 Å². The molecule has 4 aromatic carbocycles. The van der Waals surface area contributed by atoms with Crippen LogP contribution >= 0.6 is 0 Å². The molecular weight excluding hydrogens is 773 g/mol. The van der Waals surface area contributed by atoms with Crippen LogP contribution in [-0.4, -0.2) is 0 Å². The predicted octanol–water partition coefficient (Wildman–Crippen LogP) is 19.4. The maximum Gasteiger partial charge on any atom is 0.0314 e. The van der Waals surface area contributed by atoms with Gasteiger partial charge in [0.25, 0.3) is 0 Å². The molecule has 2 unspecified atom stereocenters. The Bertz CT molecular complexity index is 1530. The number of hydrogen-bond donors (Lipinski definition) is 2. The van der Waals surface area contributed by atoms with Crippen LogP contribution < -0.4 is 11.5 Å². The minimum absolute atomic E-state index is 0.463. The fourth-order valence-electron chi connectivity index (χ4n) is 10.1. The summed E-state index contributed by atoms with van der Waals surface area (Å²) >= 11 is 0. The Labute approximate surface area is 395 Å². The van der Waals surface area contributed by atoms with Crippen LogP contribution in [0.2, 0.25) is 0 Å². The second-order valence-electron chi connectivity index (χ2n) is 19.9. The highest BCUT2D eigenvalue weighted by Gasteiger charge is 2.16. The van der Waals surface area contributed by atoms with Crippen molar-refractivity contribution in [3.63, 3.8) is 0 Å². The van der Waals surface area contributed by atoms with Crippen LogP contribution in [0, 0.1) is 0 Å². The highest BCUT2D eigenvalue weighted by molar-refractivity contribution is 5.44. The normalized spacial score (nSPS) is 12.5. The molecule has 0 bridgehead atoms. The minimum atomic E-state index is 0.463. The van der Waals surface area contributed by atoms with Crippen molar-refractivity contribution in [1.29, 1.82) is 0 Å². The number of rotatable bonds is 39. The molecule has 0 aliphatic carbocycles. The number of nitrogens with two attached hydrogens (primary N) is 2. The lowest BCUT2D eigenvalue weighted by Gasteiger charge is -2.19. The SMILES string of the molecule is CCCCCCCCCCCCC(c1ccc(N)cc1)c1ccc(CCCCCCCCCCCCc2ccc(C(CCCCCCCCCCCC)c3ccc(N)cc3)cc2)cc1. The van der Waals surface area contributed by atoms with Gasteiger partial charge in [0.2, 0.25) is 0 Å². The standard InChI is InChI=1S/C62H96N2/c1-3-5-7-9-11-13-19-23-27-31-35-61(57-45-49-59(63)50-46-57)55-41-37-53(38-42-55)33-29-25-21-17-15-16-18-22-26-30-34-54-39-43-56(44-40-54)62(58-47-51-60(64)52-48-58)36-32-28-24-20-14-12-10-8-6-4-2/h37-52,61-62H,3-36,63-64H2,1-2H3. The van der Waals surface area contributed by atoms with Crippen molar-refractivity contribution in [1.82, 2.24) is 0 Å². The van der Waals surface area contributed by atoms with Gasteiger partial charge >= 0.3 is 0 Å². The summed E-state index contributed by atoms with van der Waals surface area (Å²) in [6.07, 6.45) is 46.2. The quantitative estimate of drug-likeness (QED) is 0.0347. The zero-order valence-corrected chi connectivity index (χ0v) is 41.6. The van der Waals surface area contributed by atoms with Crippen molar-refractivity contribution in [2.75, 3.05) is 11.5 Å². The lowest BCUT2D eigenvalue weighted by molar-refractivity contribution is 0.540. The minimum Gasteiger partial charge on any atom is -0.399 e. The van der Waals surface area contributed by atoms with E-state index < -0.39 is 0 Å². The second-order valence-corrected chi connectivity index (χ2v) is 19.9.